The number of benzene rings is 4. The Hall–Kier alpha value is -7.67. The van der Waals surface area contributed by atoms with Crippen molar-refractivity contribution < 1.29 is 62.0 Å². The Morgan fingerprint density at radius 1 is 0.696 bits per heavy atom. The van der Waals surface area contributed by atoms with Crippen molar-refractivity contribution in [2.24, 2.45) is 0 Å². The standard InChI is InChI=1S/C48H54ClN5O11.C9H19NO2.C2H6/c1-28(55)37-24-29-9-19-39(63-46(61)65-48(5,6)7)35(23-29)36-25-33(16-20-38(36)62-22-21-50-45(60)64-47(2,3)4)42(44(59)51-26-40(56)53-37)54(8)41(57)27-52-43(58)32-12-10-30(11-13-32)31-14-17-34(49)18-15-31;1-5-6-7-10-8(11)12-9(2,3)4;1-2/h9-20,23,25,37,42H,21-22,24,26-27H2,1-8H3,(H,50,60)(H,51,59)(H,52,58)(H,53,56);5-7H2,1-4H3,(H,10,11);1-2H3. The molecular weight excluding hydrogens is 1040 g/mol. The number of hydrogen-bond acceptors (Lipinski definition) is 13. The minimum absolute atomic E-state index is 0.0155. The third kappa shape index (κ3) is 23.1. The second-order valence-electron chi connectivity index (χ2n) is 21.0. The zero-order chi connectivity index (χ0) is 59.3. The number of Topliss-reactive ketones (excluding diaryl/α,β-unsaturated/α-hetero) is 1. The van der Waals surface area contributed by atoms with Crippen molar-refractivity contribution in [1.82, 2.24) is 31.5 Å². The molecule has 0 radical (unpaired) electrons. The van der Waals surface area contributed by atoms with Crippen molar-refractivity contribution in [2.75, 3.05) is 39.8 Å². The van der Waals surface area contributed by atoms with Crippen molar-refractivity contribution in [3.63, 3.8) is 0 Å². The number of nitrogens with one attached hydrogen (secondary N) is 5. The van der Waals surface area contributed by atoms with Crippen molar-refractivity contribution in [2.45, 2.75) is 138 Å². The monoisotopic (exact) mass is 1110 g/mol. The predicted molar refractivity (Wildman–Crippen MR) is 303 cm³/mol. The van der Waals surface area contributed by atoms with Gasteiger partial charge in [0.25, 0.3) is 5.91 Å². The molecule has 0 saturated heterocycles. The second-order valence-corrected chi connectivity index (χ2v) is 21.5. The maximum Gasteiger partial charge on any atom is 0.514 e. The van der Waals surface area contributed by atoms with Crippen LogP contribution in [0.25, 0.3) is 22.3 Å². The van der Waals surface area contributed by atoms with Gasteiger partial charge in [0.2, 0.25) is 17.7 Å². The fourth-order valence-electron chi connectivity index (χ4n) is 7.30. The molecule has 19 nitrogen and oxygen atoms in total. The summed E-state index contributed by atoms with van der Waals surface area (Å²) in [5, 5.41) is 13.8. The maximum absolute atomic E-state index is 14.2. The summed E-state index contributed by atoms with van der Waals surface area (Å²) < 4.78 is 27.8. The number of carbonyl (C=O) groups excluding carboxylic acids is 8. The van der Waals surface area contributed by atoms with Gasteiger partial charge >= 0.3 is 18.3 Å². The van der Waals surface area contributed by atoms with E-state index in [0.29, 0.717) is 17.1 Å². The van der Waals surface area contributed by atoms with Crippen LogP contribution in [-0.2, 0) is 39.8 Å². The topological polar surface area (TPSA) is 246 Å². The lowest BCUT2D eigenvalue weighted by Gasteiger charge is -2.29. The van der Waals surface area contributed by atoms with E-state index in [0.717, 1.165) is 28.9 Å². The van der Waals surface area contributed by atoms with Crippen LogP contribution in [0.5, 0.6) is 11.5 Å². The molecule has 5 rings (SSSR count). The summed E-state index contributed by atoms with van der Waals surface area (Å²) in [5.41, 5.74) is 1.34. The first kappa shape index (κ1) is 65.6. The van der Waals surface area contributed by atoms with Crippen LogP contribution >= 0.6 is 11.6 Å². The summed E-state index contributed by atoms with van der Waals surface area (Å²) >= 11 is 6.02. The van der Waals surface area contributed by atoms with Crippen molar-refractivity contribution in [3.8, 4) is 33.8 Å². The summed E-state index contributed by atoms with van der Waals surface area (Å²) in [5.74, 6) is -2.75. The highest BCUT2D eigenvalue weighted by molar-refractivity contribution is 6.30. The van der Waals surface area contributed by atoms with E-state index in [1.54, 1.807) is 108 Å². The maximum atomic E-state index is 14.2. The molecule has 4 aromatic rings. The van der Waals surface area contributed by atoms with Gasteiger partial charge in [0, 0.05) is 35.3 Å². The molecule has 0 spiro atoms. The van der Waals surface area contributed by atoms with Gasteiger partial charge in [-0.1, -0.05) is 75.2 Å². The molecule has 0 saturated carbocycles. The van der Waals surface area contributed by atoms with Crippen LogP contribution in [0.1, 0.15) is 130 Å². The summed E-state index contributed by atoms with van der Waals surface area (Å²) in [6.07, 6.45) is 0.112. The van der Waals surface area contributed by atoms with Gasteiger partial charge in [0.1, 0.15) is 41.0 Å². The molecule has 79 heavy (non-hydrogen) atoms. The molecule has 0 aromatic heterocycles. The van der Waals surface area contributed by atoms with Gasteiger partial charge in [0.15, 0.2) is 5.78 Å². The van der Waals surface area contributed by atoms with E-state index in [1.807, 2.05) is 46.8 Å². The lowest BCUT2D eigenvalue weighted by atomic mass is 9.93. The van der Waals surface area contributed by atoms with Crippen LogP contribution in [0, 0.1) is 0 Å². The average Bonchev–Trinajstić information content (AvgIpc) is 3.36. The molecule has 2 atom stereocenters. The number of halogens is 1. The zero-order valence-electron chi connectivity index (χ0n) is 48.0. The number of carbonyl (C=O) groups is 8. The summed E-state index contributed by atoms with van der Waals surface area (Å²) in [6.45, 7) is 22.8. The number of nitrogens with zero attached hydrogens (tertiary/aromatic N) is 1. The second kappa shape index (κ2) is 30.5. The fourth-order valence-corrected chi connectivity index (χ4v) is 7.43. The smallest absolute Gasteiger partial charge is 0.491 e. The van der Waals surface area contributed by atoms with Gasteiger partial charge in [-0.3, -0.25) is 24.0 Å². The molecule has 0 fully saturated rings. The number of ketones is 1. The molecule has 430 valence electrons. The molecule has 0 aliphatic carbocycles. The van der Waals surface area contributed by atoms with Crippen LogP contribution in [0.4, 0.5) is 14.4 Å². The summed E-state index contributed by atoms with van der Waals surface area (Å²) in [7, 11) is 1.37. The number of ether oxygens (including phenoxy) is 5. The van der Waals surface area contributed by atoms with Gasteiger partial charge in [-0.15, -0.1) is 0 Å². The fraction of sp³-hybridized carbons (Fsp3) is 0.458. The average molecular weight is 1120 g/mol. The molecule has 6 amide bonds. The zero-order valence-corrected chi connectivity index (χ0v) is 48.8. The molecule has 5 N–H and O–H groups in total. The van der Waals surface area contributed by atoms with Crippen LogP contribution in [0.2, 0.25) is 5.02 Å². The van der Waals surface area contributed by atoms with E-state index in [9.17, 15) is 38.4 Å². The number of hydrogen-bond donors (Lipinski definition) is 5. The third-order valence-electron chi connectivity index (χ3n) is 10.9. The molecule has 20 heteroatoms. The van der Waals surface area contributed by atoms with Crippen LogP contribution in [0.3, 0.4) is 0 Å². The minimum atomic E-state index is -1.41. The van der Waals surface area contributed by atoms with Crippen molar-refractivity contribution in [1.29, 1.82) is 0 Å². The first-order chi connectivity index (χ1) is 37.0. The van der Waals surface area contributed by atoms with Crippen LogP contribution < -0.4 is 36.1 Å². The van der Waals surface area contributed by atoms with Crippen LogP contribution in [-0.4, -0.2) is 115 Å². The Morgan fingerprint density at radius 2 is 1.24 bits per heavy atom. The number of unbranched alkanes of at least 4 members (excludes halogenated alkanes) is 1. The molecule has 1 heterocycles. The highest BCUT2D eigenvalue weighted by atomic mass is 35.5. The van der Waals surface area contributed by atoms with Crippen molar-refractivity contribution in [3.05, 3.63) is 107 Å². The lowest BCUT2D eigenvalue weighted by Crippen LogP contribution is -2.49. The molecule has 4 aromatic carbocycles. The Morgan fingerprint density at radius 3 is 1.80 bits per heavy atom. The van der Waals surface area contributed by atoms with Gasteiger partial charge in [0.05, 0.1) is 25.7 Å². The quantitative estimate of drug-likeness (QED) is 0.0342. The molecule has 1 aliphatic heterocycles. The van der Waals surface area contributed by atoms with E-state index in [4.69, 9.17) is 35.3 Å². The largest absolute Gasteiger partial charge is 0.514 e. The molecular formula is C59H79ClN6O13. The molecule has 4 bridgehead atoms. The SMILES string of the molecule is CC.CC(=O)C1Cc2ccc(OC(=O)OC(C)(C)C)c(c2)-c2cc(ccc2OCCNC(=O)OC(C)(C)C)C(N(C)C(=O)CNC(=O)c2ccc(-c3ccc(Cl)cc3)cc2)C(=O)NCC(=O)N1.CCCCNC(=O)OC(C)(C)C. The minimum Gasteiger partial charge on any atom is -0.491 e. The highest BCUT2D eigenvalue weighted by Gasteiger charge is 2.32. The highest BCUT2D eigenvalue weighted by Crippen LogP contribution is 2.40. The predicted octanol–water partition coefficient (Wildman–Crippen LogP) is 9.90. The summed E-state index contributed by atoms with van der Waals surface area (Å²) in [6, 6.07) is 21.0. The van der Waals surface area contributed by atoms with Gasteiger partial charge in [-0.2, -0.15) is 0 Å². The van der Waals surface area contributed by atoms with Crippen molar-refractivity contribution >= 4 is 59.4 Å². The number of likely N-dealkylation sites (N-methyl/N-ethyl adjacent to an activating group) is 1. The number of rotatable bonds is 14. The summed E-state index contributed by atoms with van der Waals surface area (Å²) in [4.78, 5) is 105. The Balaban J connectivity index is 0.00000103. The first-order valence-corrected chi connectivity index (χ1v) is 26.6. The van der Waals surface area contributed by atoms with E-state index in [-0.39, 0.29) is 65.2 Å². The van der Waals surface area contributed by atoms with Gasteiger partial charge in [-0.25, -0.2) is 14.4 Å². The number of alkyl carbamates (subject to hydrolysis) is 2. The van der Waals surface area contributed by atoms with E-state index >= 15 is 0 Å². The van der Waals surface area contributed by atoms with Crippen LogP contribution in [0.15, 0.2) is 84.9 Å². The van der Waals surface area contributed by atoms with E-state index in [2.05, 4.69) is 33.5 Å². The lowest BCUT2D eigenvalue weighted by molar-refractivity contribution is -0.139. The Labute approximate surface area is 469 Å². The first-order valence-electron chi connectivity index (χ1n) is 26.2. The van der Waals surface area contributed by atoms with Gasteiger partial charge < -0.3 is 55.2 Å². The number of amides is 6. The Bertz CT molecular complexity index is 2730. The van der Waals surface area contributed by atoms with E-state index in [1.165, 1.54) is 20.0 Å². The Kier molecular flexibility index (Phi) is 25.3. The van der Waals surface area contributed by atoms with E-state index < -0.39 is 77.9 Å². The molecule has 1 aliphatic rings. The normalized spacial score (nSPS) is 14.3. The third-order valence-corrected chi connectivity index (χ3v) is 11.2. The van der Waals surface area contributed by atoms with Gasteiger partial charge in [-0.05, 0) is 153 Å². The number of fused-ring (bicyclic) bond motifs is 5. The molecule has 2 unspecified atom stereocenters.